The Labute approximate surface area is 206 Å². The molecule has 188 valence electrons. The molecule has 0 amide bonds. The van der Waals surface area contributed by atoms with E-state index in [1.807, 2.05) is 0 Å². The van der Waals surface area contributed by atoms with Gasteiger partial charge in [0.25, 0.3) is 0 Å². The van der Waals surface area contributed by atoms with E-state index in [1.54, 1.807) is 18.3 Å². The van der Waals surface area contributed by atoms with Gasteiger partial charge in [-0.15, -0.1) is 0 Å². The molecule has 2 N–H and O–H groups in total. The molecule has 2 aromatic carbocycles. The number of ether oxygens (including phenoxy) is 3. The van der Waals surface area contributed by atoms with E-state index in [4.69, 9.17) is 14.2 Å². The van der Waals surface area contributed by atoms with Gasteiger partial charge >= 0.3 is 5.97 Å². The first-order valence-corrected chi connectivity index (χ1v) is 12.3. The van der Waals surface area contributed by atoms with Crippen molar-refractivity contribution in [2.45, 2.75) is 43.6 Å². The van der Waals surface area contributed by atoms with E-state index in [-0.39, 0.29) is 17.6 Å². The van der Waals surface area contributed by atoms with Crippen LogP contribution < -0.4 is 4.74 Å². The molecule has 36 heavy (non-hydrogen) atoms. The van der Waals surface area contributed by atoms with E-state index in [9.17, 15) is 14.3 Å². The maximum absolute atomic E-state index is 14.4. The van der Waals surface area contributed by atoms with Crippen LogP contribution in [0.2, 0.25) is 0 Å². The van der Waals surface area contributed by atoms with Gasteiger partial charge in [0.15, 0.2) is 17.7 Å². The van der Waals surface area contributed by atoms with Crippen LogP contribution in [0, 0.1) is 5.82 Å². The van der Waals surface area contributed by atoms with Gasteiger partial charge in [0.1, 0.15) is 0 Å². The van der Waals surface area contributed by atoms with E-state index in [0.29, 0.717) is 32.7 Å². The highest BCUT2D eigenvalue weighted by Gasteiger charge is 2.35. The van der Waals surface area contributed by atoms with Crippen molar-refractivity contribution in [1.82, 2.24) is 14.8 Å². The summed E-state index contributed by atoms with van der Waals surface area (Å²) in [7, 11) is 1.47. The summed E-state index contributed by atoms with van der Waals surface area (Å²) in [5.41, 5.74) is 5.06. The average Bonchev–Trinajstić information content (AvgIpc) is 3.50. The number of carbonyl (C=O) groups is 1. The number of nitrogens with one attached hydrogen (secondary N) is 1. The van der Waals surface area contributed by atoms with E-state index >= 15 is 0 Å². The Bertz CT molecular complexity index is 1430. The highest BCUT2D eigenvalue weighted by molar-refractivity contribution is 5.99. The quantitative estimate of drug-likeness (QED) is 0.411. The number of nitrogens with zero attached hydrogens (tertiary/aromatic N) is 2. The number of carboxylic acids is 1. The third-order valence-electron chi connectivity index (χ3n) is 7.56. The molecule has 4 aromatic rings. The first-order valence-electron chi connectivity index (χ1n) is 12.3. The second-order valence-corrected chi connectivity index (χ2v) is 9.60. The molecule has 2 saturated heterocycles. The van der Waals surface area contributed by atoms with Gasteiger partial charge in [-0.25, -0.2) is 9.18 Å². The van der Waals surface area contributed by atoms with Gasteiger partial charge < -0.3 is 23.9 Å². The summed E-state index contributed by atoms with van der Waals surface area (Å²) in [4.78, 5) is 11.5. The van der Waals surface area contributed by atoms with Crippen molar-refractivity contribution >= 4 is 27.8 Å². The molecule has 1 unspecified atom stereocenters. The molecular formula is C27H28FN3O5. The fourth-order valence-corrected chi connectivity index (χ4v) is 5.81. The number of benzene rings is 2. The van der Waals surface area contributed by atoms with Gasteiger partial charge in [-0.05, 0) is 55.5 Å². The molecule has 2 aliphatic heterocycles. The molecule has 0 radical (unpaired) electrons. The van der Waals surface area contributed by atoms with Crippen molar-refractivity contribution < 1.29 is 28.5 Å². The summed E-state index contributed by atoms with van der Waals surface area (Å²) in [6.45, 7) is 1.68. The predicted molar refractivity (Wildman–Crippen MR) is 132 cm³/mol. The number of methoxy groups -OCH3 is 1. The largest absolute Gasteiger partial charge is 0.494 e. The number of aromatic nitrogens is 3. The van der Waals surface area contributed by atoms with E-state index in [1.165, 1.54) is 18.7 Å². The Balaban J connectivity index is 1.62. The standard InChI is InChI=1S/C27H28FN3O5/c1-34-24-11-18(3-4-20(24)28)31-22-10-17-13-29-30-21(17)12-19(22)25(26(31)15-6-8-35-9-7-15)16-2-5-23(27(32)33)36-14-16/h3-4,10-13,15-16,23H,2,5-9,14H2,1H3,(H,29,30)(H,32,33)/t16-,23?/m0/s1. The Kier molecular flexibility index (Phi) is 5.89. The summed E-state index contributed by atoms with van der Waals surface area (Å²) in [5, 5.41) is 18.8. The van der Waals surface area contributed by atoms with Crippen LogP contribution in [0.25, 0.3) is 27.5 Å². The van der Waals surface area contributed by atoms with Crippen LogP contribution in [0.15, 0.2) is 36.5 Å². The second kappa shape index (κ2) is 9.22. The summed E-state index contributed by atoms with van der Waals surface area (Å²) in [5.74, 6) is -0.888. The van der Waals surface area contributed by atoms with Crippen molar-refractivity contribution in [2.75, 3.05) is 26.9 Å². The zero-order valence-electron chi connectivity index (χ0n) is 20.0. The number of hydrogen-bond donors (Lipinski definition) is 2. The maximum atomic E-state index is 14.4. The van der Waals surface area contributed by atoms with Gasteiger partial charge in [0, 0.05) is 53.3 Å². The number of carboxylic acid groups (broad SMARTS) is 1. The Morgan fingerprint density at radius 1 is 1.17 bits per heavy atom. The zero-order chi connectivity index (χ0) is 24.8. The van der Waals surface area contributed by atoms with Gasteiger partial charge in [0.05, 0.1) is 30.9 Å². The molecule has 0 aliphatic carbocycles. The Morgan fingerprint density at radius 2 is 2.00 bits per heavy atom. The van der Waals surface area contributed by atoms with Crippen molar-refractivity contribution in [3.05, 3.63) is 53.6 Å². The lowest BCUT2D eigenvalue weighted by Gasteiger charge is -2.31. The van der Waals surface area contributed by atoms with Gasteiger partial charge in [-0.3, -0.25) is 5.10 Å². The van der Waals surface area contributed by atoms with Gasteiger partial charge in [-0.1, -0.05) is 0 Å². The number of fused-ring (bicyclic) bond motifs is 2. The van der Waals surface area contributed by atoms with Crippen LogP contribution in [0.4, 0.5) is 4.39 Å². The van der Waals surface area contributed by atoms with Crippen LogP contribution in [-0.2, 0) is 14.3 Å². The number of hydrogen-bond acceptors (Lipinski definition) is 5. The normalized spacial score (nSPS) is 21.3. The number of aromatic amines is 1. The molecule has 2 aromatic heterocycles. The molecule has 0 spiro atoms. The SMILES string of the molecule is COc1cc(-n2c(C3CCOCC3)c([C@H]3CCC(C(=O)O)OC3)c3cc4[nH]ncc4cc32)ccc1F. The average molecular weight is 494 g/mol. The summed E-state index contributed by atoms with van der Waals surface area (Å²) < 4.78 is 33.4. The molecule has 4 heterocycles. The zero-order valence-corrected chi connectivity index (χ0v) is 20.0. The van der Waals surface area contributed by atoms with Crippen LogP contribution in [0.5, 0.6) is 5.75 Å². The predicted octanol–water partition coefficient (Wildman–Crippen LogP) is 4.90. The second-order valence-electron chi connectivity index (χ2n) is 9.60. The Morgan fingerprint density at radius 3 is 2.72 bits per heavy atom. The first-order chi connectivity index (χ1) is 17.5. The maximum Gasteiger partial charge on any atom is 0.332 e. The lowest BCUT2D eigenvalue weighted by Crippen LogP contribution is -2.31. The molecule has 8 nitrogen and oxygen atoms in total. The number of H-pyrrole nitrogens is 1. The van der Waals surface area contributed by atoms with Crippen molar-refractivity contribution in [3.8, 4) is 11.4 Å². The van der Waals surface area contributed by atoms with Crippen LogP contribution in [0.3, 0.4) is 0 Å². The number of halogens is 1. The molecule has 0 saturated carbocycles. The smallest absolute Gasteiger partial charge is 0.332 e. The summed E-state index contributed by atoms with van der Waals surface area (Å²) >= 11 is 0. The van der Waals surface area contributed by atoms with E-state index < -0.39 is 17.9 Å². The fourth-order valence-electron chi connectivity index (χ4n) is 5.81. The summed E-state index contributed by atoms with van der Waals surface area (Å²) in [6.07, 6.45) is 3.92. The minimum Gasteiger partial charge on any atom is -0.494 e. The minimum absolute atomic E-state index is 0.0323. The third kappa shape index (κ3) is 3.83. The highest BCUT2D eigenvalue weighted by atomic mass is 19.1. The van der Waals surface area contributed by atoms with Crippen LogP contribution in [-0.4, -0.2) is 58.9 Å². The molecular weight excluding hydrogens is 465 g/mol. The van der Waals surface area contributed by atoms with Gasteiger partial charge in [0.2, 0.25) is 0 Å². The molecule has 0 bridgehead atoms. The van der Waals surface area contributed by atoms with Gasteiger partial charge in [-0.2, -0.15) is 5.10 Å². The number of rotatable bonds is 5. The first kappa shape index (κ1) is 23.0. The number of aliphatic carboxylic acids is 1. The molecule has 2 fully saturated rings. The van der Waals surface area contributed by atoms with Crippen LogP contribution >= 0.6 is 0 Å². The van der Waals surface area contributed by atoms with Crippen molar-refractivity contribution in [1.29, 1.82) is 0 Å². The summed E-state index contributed by atoms with van der Waals surface area (Å²) in [6, 6.07) is 9.18. The molecule has 9 heteroatoms. The third-order valence-corrected chi connectivity index (χ3v) is 7.56. The highest BCUT2D eigenvalue weighted by Crippen LogP contribution is 2.45. The lowest BCUT2D eigenvalue weighted by molar-refractivity contribution is -0.153. The molecule has 6 rings (SSSR count). The lowest BCUT2D eigenvalue weighted by atomic mass is 9.84. The van der Waals surface area contributed by atoms with Crippen molar-refractivity contribution in [2.24, 2.45) is 0 Å². The minimum atomic E-state index is -0.918. The monoisotopic (exact) mass is 493 g/mol. The van der Waals surface area contributed by atoms with E-state index in [0.717, 1.165) is 46.0 Å². The fraction of sp³-hybridized carbons (Fsp3) is 0.407. The molecule has 2 aliphatic rings. The topological polar surface area (TPSA) is 98.6 Å². The van der Waals surface area contributed by atoms with Crippen molar-refractivity contribution in [3.63, 3.8) is 0 Å². The molecule has 2 atom stereocenters. The Hall–Kier alpha value is -3.43. The van der Waals surface area contributed by atoms with Crippen LogP contribution in [0.1, 0.15) is 48.8 Å². The van der Waals surface area contributed by atoms with E-state index in [2.05, 4.69) is 26.9 Å².